The van der Waals surface area contributed by atoms with Gasteiger partial charge in [0.2, 0.25) is 0 Å². The summed E-state index contributed by atoms with van der Waals surface area (Å²) in [6, 6.07) is 7.88. The van der Waals surface area contributed by atoms with Crippen molar-refractivity contribution in [2.24, 2.45) is 4.99 Å². The van der Waals surface area contributed by atoms with Crippen LogP contribution in [0.25, 0.3) is 0 Å². The Balaban J connectivity index is 0.000000385. The average Bonchev–Trinajstić information content (AvgIpc) is 2.19. The molecule has 0 heterocycles. The molecule has 1 aromatic carbocycles. The number of aryl methyl sites for hydroxylation is 1. The van der Waals surface area contributed by atoms with Crippen LogP contribution in [0.2, 0.25) is 0 Å². The van der Waals surface area contributed by atoms with Crippen molar-refractivity contribution < 1.29 is 13.0 Å². The van der Waals surface area contributed by atoms with E-state index in [0.29, 0.717) is 6.54 Å². The van der Waals surface area contributed by atoms with Crippen LogP contribution in [0.1, 0.15) is 12.5 Å². The minimum atomic E-state index is -4.02. The van der Waals surface area contributed by atoms with Crippen molar-refractivity contribution in [3.8, 4) is 0 Å². The molecule has 0 aliphatic heterocycles. The van der Waals surface area contributed by atoms with E-state index in [9.17, 15) is 8.42 Å². The second-order valence-electron chi connectivity index (χ2n) is 2.87. The van der Waals surface area contributed by atoms with Crippen LogP contribution in [0.5, 0.6) is 0 Å². The molecule has 0 amide bonds. The van der Waals surface area contributed by atoms with E-state index >= 15 is 0 Å². The zero-order valence-electron chi connectivity index (χ0n) is 9.14. The molecule has 6 heteroatoms. The van der Waals surface area contributed by atoms with Gasteiger partial charge >= 0.3 is 0 Å². The predicted octanol–water partition coefficient (Wildman–Crippen LogP) is 2.00. The Labute approximate surface area is 95.1 Å². The van der Waals surface area contributed by atoms with Crippen LogP contribution in [0.4, 0.5) is 0 Å². The third-order valence-electron chi connectivity index (χ3n) is 1.56. The molecule has 1 aromatic rings. The van der Waals surface area contributed by atoms with Crippen molar-refractivity contribution in [2.45, 2.75) is 18.7 Å². The largest absolute Gasteiger partial charge is 0.294 e. The zero-order valence-corrected chi connectivity index (χ0v) is 9.95. The van der Waals surface area contributed by atoms with Crippen LogP contribution in [0, 0.1) is 12.3 Å². The molecule has 0 atom stereocenters. The summed E-state index contributed by atoms with van der Waals surface area (Å²) in [6.45, 7) is 4.37. The van der Waals surface area contributed by atoms with Gasteiger partial charge in [-0.05, 0) is 26.0 Å². The lowest BCUT2D eigenvalue weighted by molar-refractivity contribution is 0.483. The maximum absolute atomic E-state index is 10.5. The van der Waals surface area contributed by atoms with Gasteiger partial charge in [-0.3, -0.25) is 4.55 Å². The molecular formula is C10H14N2O3S. The Hall–Kier alpha value is -1.49. The summed E-state index contributed by atoms with van der Waals surface area (Å²) < 4.78 is 29.6. The molecule has 0 bridgehead atoms. The van der Waals surface area contributed by atoms with Crippen molar-refractivity contribution >= 4 is 16.1 Å². The van der Waals surface area contributed by atoms with Crippen LogP contribution in [-0.2, 0) is 10.1 Å². The molecule has 0 unspecified atom stereocenters. The van der Waals surface area contributed by atoms with Gasteiger partial charge in [0.1, 0.15) is 0 Å². The molecule has 0 spiro atoms. The molecule has 2 N–H and O–H groups in total. The molecule has 0 fully saturated rings. The van der Waals surface area contributed by atoms with Gasteiger partial charge in [-0.25, -0.2) is 10.4 Å². The van der Waals surface area contributed by atoms with Crippen molar-refractivity contribution in [1.29, 1.82) is 5.41 Å². The summed E-state index contributed by atoms with van der Waals surface area (Å²) in [7, 11) is -4.02. The maximum Gasteiger partial charge on any atom is 0.294 e. The lowest BCUT2D eigenvalue weighted by atomic mass is 10.2. The lowest BCUT2D eigenvalue weighted by Crippen LogP contribution is -1.96. The van der Waals surface area contributed by atoms with Gasteiger partial charge in [-0.15, -0.1) is 0 Å². The third-order valence-corrected chi connectivity index (χ3v) is 2.42. The fraction of sp³-hybridized carbons (Fsp3) is 0.300. The van der Waals surface area contributed by atoms with E-state index in [4.69, 9.17) is 9.96 Å². The average molecular weight is 242 g/mol. The highest BCUT2D eigenvalue weighted by Gasteiger charge is 2.06. The van der Waals surface area contributed by atoms with Gasteiger partial charge in [0, 0.05) is 6.54 Å². The predicted molar refractivity (Wildman–Crippen MR) is 61.7 cm³/mol. The lowest BCUT2D eigenvalue weighted by Gasteiger charge is -1.95. The zero-order chi connectivity index (χ0) is 12.6. The van der Waals surface area contributed by atoms with E-state index in [1.54, 1.807) is 12.1 Å². The summed E-state index contributed by atoms with van der Waals surface area (Å²) in [6.07, 6.45) is 0. The minimum Gasteiger partial charge on any atom is -0.282 e. The van der Waals surface area contributed by atoms with Crippen LogP contribution < -0.4 is 0 Å². The van der Waals surface area contributed by atoms with E-state index in [1.165, 1.54) is 12.1 Å². The number of rotatable bonds is 2. The highest BCUT2D eigenvalue weighted by Crippen LogP contribution is 2.08. The Morgan fingerprint density at radius 2 is 1.88 bits per heavy atom. The second kappa shape index (κ2) is 6.90. The first kappa shape index (κ1) is 14.5. The van der Waals surface area contributed by atoms with Gasteiger partial charge < -0.3 is 0 Å². The second-order valence-corrected chi connectivity index (χ2v) is 4.30. The summed E-state index contributed by atoms with van der Waals surface area (Å²) in [5.74, 6) is 0. The maximum atomic E-state index is 10.5. The molecule has 0 saturated carbocycles. The van der Waals surface area contributed by atoms with E-state index < -0.39 is 10.1 Å². The number of aliphatic imine (C=N–C) groups is 1. The topological polar surface area (TPSA) is 90.6 Å². The number of hydrogen-bond acceptors (Lipinski definition) is 4. The molecule has 0 aliphatic rings. The monoisotopic (exact) mass is 242 g/mol. The first-order valence-electron chi connectivity index (χ1n) is 4.54. The molecule has 0 aliphatic carbocycles. The molecule has 16 heavy (non-hydrogen) atoms. The molecule has 0 aromatic heterocycles. The van der Waals surface area contributed by atoms with Crippen molar-refractivity contribution in [1.82, 2.24) is 0 Å². The molecular weight excluding hydrogens is 228 g/mol. The first-order chi connectivity index (χ1) is 7.41. The summed E-state index contributed by atoms with van der Waals surface area (Å²) in [5.41, 5.74) is 0.956. The summed E-state index contributed by atoms with van der Waals surface area (Å²) in [4.78, 5) is 3.32. The molecule has 0 radical (unpaired) electrons. The molecule has 5 nitrogen and oxygen atoms in total. The number of nitrogens with one attached hydrogen (secondary N) is 1. The quantitative estimate of drug-likeness (QED) is 0.613. The van der Waals surface area contributed by atoms with Gasteiger partial charge in [0.25, 0.3) is 10.1 Å². The molecule has 1 rings (SSSR count). The van der Waals surface area contributed by atoms with Crippen molar-refractivity contribution in [3.63, 3.8) is 0 Å². The standard InChI is InChI=1S/C7H8O3S.C3H6N2/c1-6-2-4-7(5-3-6)11(8,9)10;1-2-5-3-4/h2-5H,1H3,(H,8,9,10);4H,2H2,1H3. The van der Waals surface area contributed by atoms with E-state index in [-0.39, 0.29) is 4.90 Å². The van der Waals surface area contributed by atoms with Gasteiger partial charge in [-0.1, -0.05) is 17.7 Å². The number of hydrogen-bond donors (Lipinski definition) is 2. The minimum absolute atomic E-state index is 0.0666. The van der Waals surface area contributed by atoms with Crippen molar-refractivity contribution in [2.75, 3.05) is 6.54 Å². The SMILES string of the molecule is CCN=C=N.Cc1ccc(S(=O)(=O)O)cc1. The molecule has 0 saturated heterocycles. The number of benzene rings is 1. The van der Waals surface area contributed by atoms with Crippen LogP contribution in [0.3, 0.4) is 0 Å². The number of nitrogens with zero attached hydrogens (tertiary/aromatic N) is 1. The van der Waals surface area contributed by atoms with E-state index in [0.717, 1.165) is 5.56 Å². The van der Waals surface area contributed by atoms with Crippen LogP contribution in [-0.4, -0.2) is 25.5 Å². The van der Waals surface area contributed by atoms with E-state index in [1.807, 2.05) is 19.9 Å². The van der Waals surface area contributed by atoms with Gasteiger partial charge in [-0.2, -0.15) is 8.42 Å². The molecule has 88 valence electrons. The fourth-order valence-corrected chi connectivity index (χ4v) is 1.27. The highest BCUT2D eigenvalue weighted by molar-refractivity contribution is 7.85. The Kier molecular flexibility index (Phi) is 6.25. The Bertz CT molecular complexity index is 459. The summed E-state index contributed by atoms with van der Waals surface area (Å²) >= 11 is 0. The highest BCUT2D eigenvalue weighted by atomic mass is 32.2. The third kappa shape index (κ3) is 6.08. The smallest absolute Gasteiger partial charge is 0.282 e. The van der Waals surface area contributed by atoms with Gasteiger partial charge in [0.05, 0.1) is 10.9 Å². The normalized spacial score (nSPS) is 9.69. The summed E-state index contributed by atoms with van der Waals surface area (Å²) in [5, 5.41) is 6.19. The van der Waals surface area contributed by atoms with Crippen LogP contribution in [0.15, 0.2) is 34.2 Å². The Morgan fingerprint density at radius 1 is 1.38 bits per heavy atom. The fourth-order valence-electron chi connectivity index (χ4n) is 0.789. The van der Waals surface area contributed by atoms with Gasteiger partial charge in [0.15, 0.2) is 0 Å². The van der Waals surface area contributed by atoms with E-state index in [2.05, 4.69) is 4.99 Å². The first-order valence-corrected chi connectivity index (χ1v) is 5.98. The Morgan fingerprint density at radius 3 is 2.12 bits per heavy atom. The van der Waals surface area contributed by atoms with Crippen molar-refractivity contribution in [3.05, 3.63) is 29.8 Å². The van der Waals surface area contributed by atoms with Crippen LogP contribution >= 0.6 is 0 Å².